The predicted molar refractivity (Wildman–Crippen MR) is 121 cm³/mol. The quantitative estimate of drug-likeness (QED) is 0.273. The third-order valence-corrected chi connectivity index (χ3v) is 5.43. The Balaban J connectivity index is 0.000000390. The Morgan fingerprint density at radius 3 is 2.62 bits per heavy atom. The highest BCUT2D eigenvalue weighted by Crippen LogP contribution is 2.47. The monoisotopic (exact) mass is 462 g/mol. The number of nitrogens with two attached hydrogens (primary N) is 1. The number of benzene rings is 1. The van der Waals surface area contributed by atoms with Crippen LogP contribution in [0.15, 0.2) is 21.6 Å². The van der Waals surface area contributed by atoms with Crippen molar-refractivity contribution in [2.75, 3.05) is 18.1 Å². The molecule has 0 bridgehead atoms. The summed E-state index contributed by atoms with van der Waals surface area (Å²) in [6.45, 7) is 5.28. The molecule has 2 aromatic rings. The number of aldehydes is 1. The van der Waals surface area contributed by atoms with E-state index in [-0.39, 0.29) is 11.4 Å². The first-order chi connectivity index (χ1) is 15.0. The van der Waals surface area contributed by atoms with Crippen LogP contribution in [0.25, 0.3) is 11.4 Å². The van der Waals surface area contributed by atoms with Crippen LogP contribution in [0.1, 0.15) is 45.9 Å². The van der Waals surface area contributed by atoms with Gasteiger partial charge >= 0.3 is 6.09 Å². The van der Waals surface area contributed by atoms with Gasteiger partial charge in [0, 0.05) is 29.8 Å². The molecule has 1 aromatic heterocycles. The summed E-state index contributed by atoms with van der Waals surface area (Å²) in [5.41, 5.74) is 4.78. The lowest BCUT2D eigenvalue weighted by molar-refractivity contribution is -0.107. The second-order valence-electron chi connectivity index (χ2n) is 8.07. The lowest BCUT2D eigenvalue weighted by Crippen LogP contribution is -2.27. The van der Waals surface area contributed by atoms with E-state index in [1.54, 1.807) is 33.9 Å². The Hall–Kier alpha value is -3.06. The van der Waals surface area contributed by atoms with E-state index < -0.39 is 22.9 Å². The number of anilines is 1. The number of primary amides is 1. The van der Waals surface area contributed by atoms with Crippen molar-refractivity contribution < 1.29 is 23.2 Å². The van der Waals surface area contributed by atoms with Crippen LogP contribution >= 0.6 is 11.8 Å². The molecule has 0 saturated heterocycles. The number of hydrogen-bond acceptors (Lipinski definition) is 8. The molecule has 1 aliphatic rings. The van der Waals surface area contributed by atoms with Crippen molar-refractivity contribution >= 4 is 29.8 Å². The summed E-state index contributed by atoms with van der Waals surface area (Å²) in [6.07, 6.45) is 7.66. The summed E-state index contributed by atoms with van der Waals surface area (Å²) in [4.78, 5) is 25.5. The van der Waals surface area contributed by atoms with Gasteiger partial charge in [-0.3, -0.25) is 0 Å². The zero-order valence-corrected chi connectivity index (χ0v) is 19.3. The van der Waals surface area contributed by atoms with Crippen molar-refractivity contribution in [1.82, 2.24) is 10.1 Å². The number of nitrogens with zero attached hydrogens (tertiary/aromatic N) is 2. The topological polar surface area (TPSA) is 120 Å². The number of amides is 1. The van der Waals surface area contributed by atoms with E-state index in [4.69, 9.17) is 16.7 Å². The van der Waals surface area contributed by atoms with Crippen LogP contribution in [-0.4, -0.2) is 40.9 Å². The number of nitrogens with one attached hydrogen (secondary N) is 1. The molecule has 10 heteroatoms. The summed E-state index contributed by atoms with van der Waals surface area (Å²) in [7, 11) is 1.75. The van der Waals surface area contributed by atoms with Gasteiger partial charge in [-0.05, 0) is 45.7 Å². The molecular formula is C22H27FN4O4S. The number of aromatic nitrogens is 2. The van der Waals surface area contributed by atoms with Gasteiger partial charge in [0.2, 0.25) is 11.7 Å². The highest BCUT2D eigenvalue weighted by molar-refractivity contribution is 7.99. The molecule has 1 aromatic carbocycles. The molecule has 0 atom stereocenters. The van der Waals surface area contributed by atoms with E-state index in [1.807, 2.05) is 0 Å². The van der Waals surface area contributed by atoms with Crippen LogP contribution in [0, 0.1) is 18.2 Å². The molecule has 0 radical (unpaired) electrons. The first kappa shape index (κ1) is 25.2. The molecule has 1 saturated carbocycles. The fraction of sp³-hybridized carbons (Fsp3) is 0.455. The molecule has 1 aliphatic carbocycles. The maximum Gasteiger partial charge on any atom is 0.405 e. The van der Waals surface area contributed by atoms with Gasteiger partial charge in [-0.1, -0.05) is 11.1 Å². The smallest absolute Gasteiger partial charge is 0.405 e. The Labute approximate surface area is 190 Å². The van der Waals surface area contributed by atoms with Crippen LogP contribution in [0.2, 0.25) is 0 Å². The Kier molecular flexibility index (Phi) is 8.27. The van der Waals surface area contributed by atoms with Crippen molar-refractivity contribution in [2.45, 2.75) is 55.9 Å². The predicted octanol–water partition coefficient (Wildman–Crippen LogP) is 4.14. The molecular weight excluding hydrogens is 435 g/mol. The number of ether oxygens (including phenoxy) is 1. The third kappa shape index (κ3) is 6.72. The largest absolute Gasteiger partial charge is 0.444 e. The van der Waals surface area contributed by atoms with E-state index >= 15 is 0 Å². The second kappa shape index (κ2) is 10.5. The second-order valence-corrected chi connectivity index (χ2v) is 9.20. The minimum atomic E-state index is -0.725. The van der Waals surface area contributed by atoms with E-state index in [1.165, 1.54) is 17.8 Å². The van der Waals surface area contributed by atoms with Crippen molar-refractivity contribution in [3.8, 4) is 23.7 Å². The number of rotatable bonds is 7. The minimum Gasteiger partial charge on any atom is -0.444 e. The highest BCUT2D eigenvalue weighted by atomic mass is 32.2. The van der Waals surface area contributed by atoms with E-state index in [0.717, 1.165) is 29.7 Å². The van der Waals surface area contributed by atoms with Crippen LogP contribution in [0.4, 0.5) is 14.9 Å². The van der Waals surface area contributed by atoms with Gasteiger partial charge in [0.25, 0.3) is 0 Å². The first-order valence-corrected chi connectivity index (χ1v) is 10.9. The first-order valence-electron chi connectivity index (χ1n) is 9.93. The summed E-state index contributed by atoms with van der Waals surface area (Å²) >= 11 is 1.41. The lowest BCUT2D eigenvalue weighted by atomic mass is 10.1. The van der Waals surface area contributed by atoms with Gasteiger partial charge in [0.15, 0.2) is 0 Å². The van der Waals surface area contributed by atoms with E-state index in [2.05, 4.69) is 26.1 Å². The molecule has 8 nitrogen and oxygen atoms in total. The Morgan fingerprint density at radius 1 is 1.47 bits per heavy atom. The van der Waals surface area contributed by atoms with Gasteiger partial charge in [-0.15, -0.1) is 18.2 Å². The molecule has 0 spiro atoms. The standard InChI is InChI=1S/C17H16FN3O2S.C5H11NO2/c1-3-17(5-6-17)16-20-15(21-23-16)11-9-13(19-2)14(10-12(11)18)24-8-4-7-22;1-5(2,3)8-4(6)7/h1,7,9-10,19H,4-6,8H2,2H3;1-3H3,(H2,6,7). The molecule has 1 heterocycles. The molecule has 172 valence electrons. The normalized spacial score (nSPS) is 13.9. The van der Waals surface area contributed by atoms with Crippen molar-refractivity contribution in [3.63, 3.8) is 0 Å². The summed E-state index contributed by atoms with van der Waals surface area (Å²) in [5.74, 6) is 3.38. The SMILES string of the molecule is C#CC1(c2nc(-c3cc(NC)c(SCCC=O)cc3F)no2)CC1.CC(C)(C)OC(N)=O. The van der Waals surface area contributed by atoms with Crippen molar-refractivity contribution in [2.24, 2.45) is 5.73 Å². The third-order valence-electron chi connectivity index (χ3n) is 4.34. The number of halogens is 1. The minimum absolute atomic E-state index is 0.185. The maximum absolute atomic E-state index is 14.5. The molecule has 3 rings (SSSR count). The zero-order valence-electron chi connectivity index (χ0n) is 18.5. The van der Waals surface area contributed by atoms with Gasteiger partial charge in [0.05, 0.1) is 5.56 Å². The molecule has 3 N–H and O–H groups in total. The molecule has 0 aliphatic heterocycles. The van der Waals surface area contributed by atoms with Crippen LogP contribution in [0.3, 0.4) is 0 Å². The van der Waals surface area contributed by atoms with Crippen LogP contribution in [-0.2, 0) is 14.9 Å². The van der Waals surface area contributed by atoms with Crippen molar-refractivity contribution in [1.29, 1.82) is 0 Å². The lowest BCUT2D eigenvalue weighted by Gasteiger charge is -2.16. The number of hydrogen-bond donors (Lipinski definition) is 2. The average Bonchev–Trinajstić information content (AvgIpc) is 3.35. The fourth-order valence-corrected chi connectivity index (χ4v) is 3.57. The van der Waals surface area contributed by atoms with Gasteiger partial charge < -0.3 is 25.1 Å². The molecule has 1 fully saturated rings. The number of carbonyl (C=O) groups is 2. The van der Waals surface area contributed by atoms with Gasteiger partial charge in [-0.2, -0.15) is 4.98 Å². The van der Waals surface area contributed by atoms with Crippen molar-refractivity contribution in [3.05, 3.63) is 23.8 Å². The summed E-state index contributed by atoms with van der Waals surface area (Å²) in [6, 6.07) is 3.06. The highest BCUT2D eigenvalue weighted by Gasteiger charge is 2.48. The molecule has 32 heavy (non-hydrogen) atoms. The zero-order chi connectivity index (χ0) is 23.9. The van der Waals surface area contributed by atoms with Crippen LogP contribution < -0.4 is 11.1 Å². The maximum atomic E-state index is 14.5. The number of terminal acetylenes is 1. The van der Waals surface area contributed by atoms with Gasteiger partial charge in [0.1, 0.15) is 23.1 Å². The number of thioether (sulfide) groups is 1. The van der Waals surface area contributed by atoms with E-state index in [0.29, 0.717) is 18.1 Å². The summed E-state index contributed by atoms with van der Waals surface area (Å²) < 4.78 is 24.3. The molecule has 0 unspecified atom stereocenters. The number of carbonyl (C=O) groups excluding carboxylic acids is 2. The summed E-state index contributed by atoms with van der Waals surface area (Å²) in [5, 5.41) is 6.91. The van der Waals surface area contributed by atoms with E-state index in [9.17, 15) is 14.0 Å². The fourth-order valence-electron chi connectivity index (χ4n) is 2.63. The molecule has 1 amide bonds. The Morgan fingerprint density at radius 2 is 2.16 bits per heavy atom. The Bertz CT molecular complexity index is 1010. The van der Waals surface area contributed by atoms with Gasteiger partial charge in [-0.25, -0.2) is 9.18 Å². The van der Waals surface area contributed by atoms with Crippen LogP contribution in [0.5, 0.6) is 0 Å². The average molecular weight is 463 g/mol.